The monoisotopic (exact) mass is 333 g/mol. The van der Waals surface area contributed by atoms with E-state index in [0.717, 1.165) is 30.1 Å². The van der Waals surface area contributed by atoms with E-state index in [1.54, 1.807) is 12.4 Å². The first-order chi connectivity index (χ1) is 11.0. The molecule has 2 amide bonds. The summed E-state index contributed by atoms with van der Waals surface area (Å²) in [6.45, 7) is 1.93. The highest BCUT2D eigenvalue weighted by atomic mass is 32.1. The van der Waals surface area contributed by atoms with Crippen LogP contribution in [0.3, 0.4) is 0 Å². The number of likely N-dealkylation sites (N-methyl/N-ethyl adjacent to an activating group) is 1. The van der Waals surface area contributed by atoms with E-state index in [4.69, 9.17) is 0 Å². The van der Waals surface area contributed by atoms with Crippen molar-refractivity contribution >= 4 is 28.3 Å². The molecule has 1 atom stereocenters. The Hall–Kier alpha value is -2.22. The SMILES string of the molecule is CNC(=O)Cc1csc(NC(=O)C2CCc3nc(C)[nH]c3C2)n1. The molecular weight excluding hydrogens is 314 g/mol. The number of carbonyl (C=O) groups is 2. The smallest absolute Gasteiger partial charge is 0.229 e. The minimum absolute atomic E-state index is 0.0243. The summed E-state index contributed by atoms with van der Waals surface area (Å²) in [6.07, 6.45) is 2.51. The zero-order chi connectivity index (χ0) is 16.4. The van der Waals surface area contributed by atoms with E-state index in [1.165, 1.54) is 11.3 Å². The van der Waals surface area contributed by atoms with E-state index in [-0.39, 0.29) is 24.2 Å². The number of aromatic nitrogens is 3. The van der Waals surface area contributed by atoms with Crippen LogP contribution in [0.25, 0.3) is 0 Å². The van der Waals surface area contributed by atoms with Gasteiger partial charge in [0.15, 0.2) is 5.13 Å². The van der Waals surface area contributed by atoms with Gasteiger partial charge >= 0.3 is 0 Å². The first-order valence-electron chi connectivity index (χ1n) is 7.55. The Labute approximate surface area is 137 Å². The molecule has 0 fully saturated rings. The van der Waals surface area contributed by atoms with Crippen LogP contribution < -0.4 is 10.6 Å². The van der Waals surface area contributed by atoms with Crippen molar-refractivity contribution in [2.45, 2.75) is 32.6 Å². The maximum absolute atomic E-state index is 12.4. The van der Waals surface area contributed by atoms with E-state index in [9.17, 15) is 9.59 Å². The molecule has 3 N–H and O–H groups in total. The van der Waals surface area contributed by atoms with Crippen LogP contribution in [0.15, 0.2) is 5.38 Å². The van der Waals surface area contributed by atoms with Gasteiger partial charge < -0.3 is 15.6 Å². The zero-order valence-corrected chi connectivity index (χ0v) is 13.9. The number of amides is 2. The van der Waals surface area contributed by atoms with Crippen LogP contribution in [-0.4, -0.2) is 33.8 Å². The van der Waals surface area contributed by atoms with E-state index < -0.39 is 0 Å². The number of anilines is 1. The second-order valence-electron chi connectivity index (χ2n) is 5.67. The summed E-state index contributed by atoms with van der Waals surface area (Å²) in [6, 6.07) is 0. The minimum atomic E-state index is -0.0948. The Kier molecular flexibility index (Phi) is 4.42. The molecule has 0 aliphatic heterocycles. The number of imidazole rings is 1. The zero-order valence-electron chi connectivity index (χ0n) is 13.1. The summed E-state index contributed by atoms with van der Waals surface area (Å²) in [5.74, 6) is 0.704. The quantitative estimate of drug-likeness (QED) is 0.783. The third-order valence-corrected chi connectivity index (χ3v) is 4.74. The largest absolute Gasteiger partial charge is 0.359 e. The number of aryl methyl sites for hydroxylation is 2. The summed E-state index contributed by atoms with van der Waals surface area (Å²) in [4.78, 5) is 35.7. The van der Waals surface area contributed by atoms with Crippen LogP contribution in [0.4, 0.5) is 5.13 Å². The van der Waals surface area contributed by atoms with Crippen molar-refractivity contribution in [3.05, 3.63) is 28.3 Å². The summed E-state index contributed by atoms with van der Waals surface area (Å²) < 4.78 is 0. The van der Waals surface area contributed by atoms with Gasteiger partial charge in [-0.05, 0) is 19.8 Å². The van der Waals surface area contributed by atoms with Gasteiger partial charge in [-0.1, -0.05) is 0 Å². The lowest BCUT2D eigenvalue weighted by Crippen LogP contribution is -2.28. The number of rotatable bonds is 4. The van der Waals surface area contributed by atoms with Crippen LogP contribution in [-0.2, 0) is 28.9 Å². The van der Waals surface area contributed by atoms with E-state index in [0.29, 0.717) is 17.2 Å². The molecule has 0 bridgehead atoms. The highest BCUT2D eigenvalue weighted by molar-refractivity contribution is 7.13. The maximum Gasteiger partial charge on any atom is 0.229 e. The number of thiazole rings is 1. The molecule has 0 saturated heterocycles. The molecule has 1 unspecified atom stereocenters. The lowest BCUT2D eigenvalue weighted by atomic mass is 9.89. The number of hydrogen-bond donors (Lipinski definition) is 3. The Bertz CT molecular complexity index is 736. The lowest BCUT2D eigenvalue weighted by Gasteiger charge is -2.19. The fourth-order valence-corrected chi connectivity index (χ4v) is 3.47. The van der Waals surface area contributed by atoms with Crippen molar-refractivity contribution in [3.63, 3.8) is 0 Å². The van der Waals surface area contributed by atoms with Crippen LogP contribution in [0.1, 0.15) is 29.3 Å². The molecule has 8 heteroatoms. The van der Waals surface area contributed by atoms with Gasteiger partial charge in [-0.15, -0.1) is 11.3 Å². The molecule has 1 aliphatic carbocycles. The summed E-state index contributed by atoms with van der Waals surface area (Å²) in [5, 5.41) is 7.75. The van der Waals surface area contributed by atoms with Gasteiger partial charge in [-0.25, -0.2) is 9.97 Å². The molecule has 3 rings (SSSR count). The molecule has 23 heavy (non-hydrogen) atoms. The number of carbonyl (C=O) groups excluding carboxylic acids is 2. The summed E-state index contributed by atoms with van der Waals surface area (Å²) >= 11 is 1.34. The van der Waals surface area contributed by atoms with Crippen molar-refractivity contribution in [1.29, 1.82) is 0 Å². The third kappa shape index (κ3) is 3.58. The minimum Gasteiger partial charge on any atom is -0.359 e. The predicted molar refractivity (Wildman–Crippen MR) is 87.4 cm³/mol. The van der Waals surface area contributed by atoms with Gasteiger partial charge in [-0.3, -0.25) is 9.59 Å². The van der Waals surface area contributed by atoms with Gasteiger partial charge in [0.25, 0.3) is 0 Å². The molecule has 2 aromatic heterocycles. The summed E-state index contributed by atoms with van der Waals surface area (Å²) in [7, 11) is 1.59. The lowest BCUT2D eigenvalue weighted by molar-refractivity contribution is -0.120. The van der Waals surface area contributed by atoms with Crippen LogP contribution >= 0.6 is 11.3 Å². The molecule has 122 valence electrons. The number of nitrogens with zero attached hydrogens (tertiary/aromatic N) is 2. The Morgan fingerprint density at radius 1 is 1.43 bits per heavy atom. The number of hydrogen-bond acceptors (Lipinski definition) is 5. The average Bonchev–Trinajstić information content (AvgIpc) is 3.11. The summed E-state index contributed by atoms with van der Waals surface area (Å²) in [5.41, 5.74) is 2.81. The number of fused-ring (bicyclic) bond motifs is 1. The van der Waals surface area contributed by atoms with E-state index in [1.807, 2.05) is 6.92 Å². The van der Waals surface area contributed by atoms with Crippen molar-refractivity contribution < 1.29 is 9.59 Å². The average molecular weight is 333 g/mol. The molecule has 0 radical (unpaired) electrons. The van der Waals surface area contributed by atoms with Crippen molar-refractivity contribution in [1.82, 2.24) is 20.3 Å². The highest BCUT2D eigenvalue weighted by Crippen LogP contribution is 2.25. The van der Waals surface area contributed by atoms with Gasteiger partial charge in [0.05, 0.1) is 17.8 Å². The van der Waals surface area contributed by atoms with Crippen LogP contribution in [0.5, 0.6) is 0 Å². The highest BCUT2D eigenvalue weighted by Gasteiger charge is 2.27. The standard InChI is InChI=1S/C15H19N5O2S/c1-8-17-11-4-3-9(5-12(11)18-8)14(22)20-15-19-10(7-23-15)6-13(21)16-2/h7,9H,3-6H2,1-2H3,(H,16,21)(H,17,18)(H,19,20,22). The molecule has 2 aromatic rings. The van der Waals surface area contributed by atoms with Gasteiger partial charge in [-0.2, -0.15) is 0 Å². The van der Waals surface area contributed by atoms with Crippen LogP contribution in [0, 0.1) is 12.8 Å². The molecule has 0 saturated carbocycles. The Morgan fingerprint density at radius 2 is 2.26 bits per heavy atom. The van der Waals surface area contributed by atoms with Gasteiger partial charge in [0, 0.05) is 30.5 Å². The predicted octanol–water partition coefficient (Wildman–Crippen LogP) is 1.21. The first-order valence-corrected chi connectivity index (χ1v) is 8.43. The normalized spacial score (nSPS) is 16.7. The fraction of sp³-hybridized carbons (Fsp3) is 0.467. The molecule has 1 aliphatic rings. The van der Waals surface area contributed by atoms with Gasteiger partial charge in [0.1, 0.15) is 5.82 Å². The van der Waals surface area contributed by atoms with E-state index >= 15 is 0 Å². The number of nitrogens with one attached hydrogen (secondary N) is 3. The first kappa shape index (κ1) is 15.7. The Balaban J connectivity index is 1.60. The maximum atomic E-state index is 12.4. The molecular formula is C15H19N5O2S. The van der Waals surface area contributed by atoms with Crippen molar-refractivity contribution in [2.75, 3.05) is 12.4 Å². The molecule has 2 heterocycles. The van der Waals surface area contributed by atoms with E-state index in [2.05, 4.69) is 25.6 Å². The third-order valence-electron chi connectivity index (χ3n) is 3.94. The molecule has 7 nitrogen and oxygen atoms in total. The second-order valence-corrected chi connectivity index (χ2v) is 6.53. The van der Waals surface area contributed by atoms with Crippen molar-refractivity contribution in [3.8, 4) is 0 Å². The fourth-order valence-electron chi connectivity index (χ4n) is 2.75. The van der Waals surface area contributed by atoms with Gasteiger partial charge in [0.2, 0.25) is 11.8 Å². The number of aromatic amines is 1. The Morgan fingerprint density at radius 3 is 3.04 bits per heavy atom. The molecule has 0 aromatic carbocycles. The molecule has 0 spiro atoms. The van der Waals surface area contributed by atoms with Crippen molar-refractivity contribution in [2.24, 2.45) is 5.92 Å². The number of H-pyrrole nitrogens is 1. The van der Waals surface area contributed by atoms with Crippen LogP contribution in [0.2, 0.25) is 0 Å². The topological polar surface area (TPSA) is 99.8 Å². The second kappa shape index (κ2) is 6.49.